The van der Waals surface area contributed by atoms with Crippen LogP contribution in [0, 0.1) is 11.3 Å². The predicted molar refractivity (Wildman–Crippen MR) is 75.7 cm³/mol. The summed E-state index contributed by atoms with van der Waals surface area (Å²) < 4.78 is 0. The maximum Gasteiger partial charge on any atom is 0.0852 e. The van der Waals surface area contributed by atoms with Crippen molar-refractivity contribution in [3.05, 3.63) is 35.9 Å². The van der Waals surface area contributed by atoms with E-state index in [0.29, 0.717) is 12.1 Å². The van der Waals surface area contributed by atoms with Crippen LogP contribution in [0.1, 0.15) is 38.2 Å². The Morgan fingerprint density at radius 2 is 2.11 bits per heavy atom. The third-order valence-electron chi connectivity index (χ3n) is 4.17. The molecular formula is C16H22N2O. The average Bonchev–Trinajstić information content (AvgIpc) is 2.42. The molecule has 1 aromatic rings. The Kier molecular flexibility index (Phi) is 4.57. The summed E-state index contributed by atoms with van der Waals surface area (Å²) in [5, 5.41) is 22.0. The Morgan fingerprint density at radius 1 is 1.42 bits per heavy atom. The van der Waals surface area contributed by atoms with Gasteiger partial charge in [0.25, 0.3) is 0 Å². The van der Waals surface area contributed by atoms with Crippen LogP contribution in [-0.2, 0) is 5.41 Å². The lowest BCUT2D eigenvalue weighted by Gasteiger charge is -2.45. The molecule has 1 aromatic carbocycles. The van der Waals surface area contributed by atoms with Crippen molar-refractivity contribution in [2.75, 3.05) is 6.61 Å². The molecule has 0 heterocycles. The third-order valence-corrected chi connectivity index (χ3v) is 4.17. The minimum Gasteiger partial charge on any atom is -0.396 e. The van der Waals surface area contributed by atoms with Crippen LogP contribution in [0.15, 0.2) is 30.3 Å². The second-order valence-corrected chi connectivity index (χ2v) is 5.45. The molecule has 0 saturated heterocycles. The van der Waals surface area contributed by atoms with Crippen LogP contribution in [0.25, 0.3) is 0 Å². The van der Waals surface area contributed by atoms with Gasteiger partial charge in [-0.05, 0) is 31.2 Å². The summed E-state index contributed by atoms with van der Waals surface area (Å²) in [6.45, 7) is 2.35. The van der Waals surface area contributed by atoms with Crippen molar-refractivity contribution in [3.8, 4) is 6.07 Å². The van der Waals surface area contributed by atoms with Crippen LogP contribution < -0.4 is 5.32 Å². The number of nitriles is 1. The van der Waals surface area contributed by atoms with Gasteiger partial charge in [-0.3, -0.25) is 0 Å². The molecule has 0 aliphatic heterocycles. The quantitative estimate of drug-likeness (QED) is 0.823. The van der Waals surface area contributed by atoms with E-state index >= 15 is 0 Å². The minimum absolute atomic E-state index is 0.223. The molecule has 1 aliphatic carbocycles. The molecule has 19 heavy (non-hydrogen) atoms. The summed E-state index contributed by atoms with van der Waals surface area (Å²) in [4.78, 5) is 0. The van der Waals surface area contributed by atoms with Crippen LogP contribution in [0.4, 0.5) is 0 Å². The van der Waals surface area contributed by atoms with Crippen LogP contribution in [-0.4, -0.2) is 23.8 Å². The van der Waals surface area contributed by atoms with Crippen molar-refractivity contribution in [2.45, 2.75) is 50.1 Å². The fraction of sp³-hybridized carbons (Fsp3) is 0.562. The molecule has 0 bridgehead atoms. The van der Waals surface area contributed by atoms with Crippen molar-refractivity contribution in [1.29, 1.82) is 5.26 Å². The first-order chi connectivity index (χ1) is 9.24. The summed E-state index contributed by atoms with van der Waals surface area (Å²) in [7, 11) is 0. The molecule has 1 atom stereocenters. The van der Waals surface area contributed by atoms with Gasteiger partial charge in [-0.25, -0.2) is 0 Å². The first-order valence-electron chi connectivity index (χ1n) is 7.08. The second-order valence-electron chi connectivity index (χ2n) is 5.45. The molecule has 0 spiro atoms. The van der Waals surface area contributed by atoms with Gasteiger partial charge < -0.3 is 10.4 Å². The van der Waals surface area contributed by atoms with Crippen LogP contribution in [0.5, 0.6) is 0 Å². The normalized spacial score (nSPS) is 27.3. The van der Waals surface area contributed by atoms with Crippen molar-refractivity contribution >= 4 is 0 Å². The molecule has 1 unspecified atom stereocenters. The molecule has 0 amide bonds. The van der Waals surface area contributed by atoms with Gasteiger partial charge in [-0.2, -0.15) is 5.26 Å². The number of aliphatic hydroxyl groups is 1. The Bertz CT molecular complexity index is 432. The maximum atomic E-state index is 9.48. The first-order valence-corrected chi connectivity index (χ1v) is 7.08. The summed E-state index contributed by atoms with van der Waals surface area (Å²) in [5.74, 6) is 0. The average molecular weight is 258 g/mol. The van der Waals surface area contributed by atoms with Gasteiger partial charge in [0.05, 0.1) is 11.5 Å². The van der Waals surface area contributed by atoms with Gasteiger partial charge in [0.15, 0.2) is 0 Å². The highest BCUT2D eigenvalue weighted by Gasteiger charge is 2.46. The minimum atomic E-state index is -0.309. The lowest BCUT2D eigenvalue weighted by atomic mass is 9.62. The van der Waals surface area contributed by atoms with E-state index in [4.69, 9.17) is 5.11 Å². The SMILES string of the molecule is CCC(CCO)NC1CC(C#N)(c2ccccc2)C1. The van der Waals surface area contributed by atoms with Gasteiger partial charge in [0.1, 0.15) is 0 Å². The number of aliphatic hydroxyl groups excluding tert-OH is 1. The number of benzene rings is 1. The van der Waals surface area contributed by atoms with Crippen LogP contribution in [0.2, 0.25) is 0 Å². The summed E-state index contributed by atoms with van der Waals surface area (Å²) >= 11 is 0. The molecule has 2 rings (SSSR count). The molecule has 1 fully saturated rings. The molecular weight excluding hydrogens is 236 g/mol. The monoisotopic (exact) mass is 258 g/mol. The third kappa shape index (κ3) is 2.97. The predicted octanol–water partition coefficient (Wildman–Crippen LogP) is 2.36. The molecule has 3 nitrogen and oxygen atoms in total. The summed E-state index contributed by atoms with van der Waals surface area (Å²) in [5.41, 5.74) is 0.821. The molecule has 2 N–H and O–H groups in total. The van der Waals surface area contributed by atoms with E-state index < -0.39 is 0 Å². The Balaban J connectivity index is 1.95. The van der Waals surface area contributed by atoms with Crippen molar-refractivity contribution < 1.29 is 5.11 Å². The number of rotatable bonds is 6. The highest BCUT2D eigenvalue weighted by molar-refractivity contribution is 5.36. The number of hydrogen-bond donors (Lipinski definition) is 2. The fourth-order valence-electron chi connectivity index (χ4n) is 2.94. The van der Waals surface area contributed by atoms with Crippen LogP contribution in [0.3, 0.4) is 0 Å². The lowest BCUT2D eigenvalue weighted by Crippen LogP contribution is -2.53. The smallest absolute Gasteiger partial charge is 0.0852 e. The number of hydrogen-bond acceptors (Lipinski definition) is 3. The van der Waals surface area contributed by atoms with Crippen LogP contribution >= 0.6 is 0 Å². The van der Waals surface area contributed by atoms with E-state index in [9.17, 15) is 5.26 Å². The molecule has 0 radical (unpaired) electrons. The van der Waals surface area contributed by atoms with Gasteiger partial charge in [-0.1, -0.05) is 37.3 Å². The highest BCUT2D eigenvalue weighted by atomic mass is 16.3. The van der Waals surface area contributed by atoms with Gasteiger partial charge in [-0.15, -0.1) is 0 Å². The lowest BCUT2D eigenvalue weighted by molar-refractivity contribution is 0.188. The zero-order valence-corrected chi connectivity index (χ0v) is 11.5. The Morgan fingerprint density at radius 3 is 2.63 bits per heavy atom. The van der Waals surface area contributed by atoms with E-state index in [0.717, 1.165) is 31.2 Å². The molecule has 102 valence electrons. The maximum absolute atomic E-state index is 9.48. The number of nitrogens with one attached hydrogen (secondary N) is 1. The first kappa shape index (κ1) is 14.0. The molecule has 3 heteroatoms. The van der Waals surface area contributed by atoms with E-state index in [1.807, 2.05) is 30.3 Å². The topological polar surface area (TPSA) is 56.0 Å². The molecule has 0 aromatic heterocycles. The largest absolute Gasteiger partial charge is 0.396 e. The van der Waals surface area contributed by atoms with E-state index in [-0.39, 0.29) is 12.0 Å². The molecule has 1 aliphatic rings. The van der Waals surface area contributed by atoms with Gasteiger partial charge >= 0.3 is 0 Å². The summed E-state index contributed by atoms with van der Waals surface area (Å²) in [6.07, 6.45) is 3.55. The Labute approximate surface area is 115 Å². The van der Waals surface area contributed by atoms with E-state index in [1.54, 1.807) is 0 Å². The van der Waals surface area contributed by atoms with Crippen molar-refractivity contribution in [3.63, 3.8) is 0 Å². The van der Waals surface area contributed by atoms with Crippen molar-refractivity contribution in [2.24, 2.45) is 0 Å². The Hall–Kier alpha value is -1.37. The zero-order chi connectivity index (χ0) is 13.7. The van der Waals surface area contributed by atoms with E-state index in [1.165, 1.54) is 0 Å². The highest BCUT2D eigenvalue weighted by Crippen LogP contribution is 2.43. The van der Waals surface area contributed by atoms with E-state index in [2.05, 4.69) is 18.3 Å². The van der Waals surface area contributed by atoms with Crippen molar-refractivity contribution in [1.82, 2.24) is 5.32 Å². The number of nitrogens with zero attached hydrogens (tertiary/aromatic N) is 1. The summed E-state index contributed by atoms with van der Waals surface area (Å²) in [6, 6.07) is 13.3. The zero-order valence-electron chi connectivity index (χ0n) is 11.5. The van der Waals surface area contributed by atoms with Gasteiger partial charge in [0, 0.05) is 18.7 Å². The van der Waals surface area contributed by atoms with Gasteiger partial charge in [0.2, 0.25) is 0 Å². The second kappa shape index (κ2) is 6.18. The molecule has 1 saturated carbocycles. The fourth-order valence-corrected chi connectivity index (χ4v) is 2.94. The standard InChI is InChI=1S/C16H22N2O/c1-2-14(8-9-19)18-15-10-16(11-15,12-17)13-6-4-3-5-7-13/h3-7,14-15,18-19H,2,8-11H2,1H3.